The van der Waals surface area contributed by atoms with Crippen LogP contribution >= 0.6 is 0 Å². The third-order valence-electron chi connectivity index (χ3n) is 5.86. The summed E-state index contributed by atoms with van der Waals surface area (Å²) in [5.74, 6) is -2.54. The van der Waals surface area contributed by atoms with Gasteiger partial charge in [-0.05, 0) is 42.5 Å². The van der Waals surface area contributed by atoms with Gasteiger partial charge in [-0.3, -0.25) is 4.79 Å². The summed E-state index contributed by atoms with van der Waals surface area (Å²) >= 11 is 0. The molecule has 0 fully saturated rings. The summed E-state index contributed by atoms with van der Waals surface area (Å²) in [6.45, 7) is 3.71. The Kier molecular flexibility index (Phi) is 7.06. The Labute approximate surface area is 192 Å². The molecule has 3 rings (SSSR count). The first kappa shape index (κ1) is 25.0. The number of fused-ring (bicyclic) bond motifs is 3. The monoisotopic (exact) mass is 481 g/mol. The summed E-state index contributed by atoms with van der Waals surface area (Å²) in [4.78, 5) is 19.8. The number of rotatable bonds is 8. The van der Waals surface area contributed by atoms with Crippen LogP contribution in [0.15, 0.2) is 18.2 Å². The lowest BCUT2D eigenvalue weighted by molar-refractivity contribution is -0.139. The second-order valence-electron chi connectivity index (χ2n) is 8.67. The molecule has 3 atom stereocenters. The largest absolute Gasteiger partial charge is 0.481 e. The molecule has 0 unspecified atom stereocenters. The van der Waals surface area contributed by atoms with E-state index in [1.807, 2.05) is 13.8 Å². The number of aromatic nitrogens is 2. The van der Waals surface area contributed by atoms with Gasteiger partial charge in [-0.25, -0.2) is 27.1 Å². The van der Waals surface area contributed by atoms with Gasteiger partial charge in [0.2, 0.25) is 16.0 Å². The second kappa shape index (κ2) is 9.32. The van der Waals surface area contributed by atoms with Crippen molar-refractivity contribution in [2.45, 2.75) is 57.2 Å². The second-order valence-corrected chi connectivity index (χ2v) is 10.7. The molecule has 1 aromatic heterocycles. The molecular weight excluding hydrogens is 453 g/mol. The normalized spacial score (nSPS) is 18.5. The molecule has 9 nitrogen and oxygen atoms in total. The zero-order valence-electron chi connectivity index (χ0n) is 18.9. The molecule has 0 aliphatic heterocycles. The molecule has 3 N–H and O–H groups in total. The van der Waals surface area contributed by atoms with E-state index in [0.717, 1.165) is 10.6 Å². The number of aliphatic carboxylic acids is 1. The summed E-state index contributed by atoms with van der Waals surface area (Å²) in [5.41, 5.74) is 2.20. The molecule has 33 heavy (non-hydrogen) atoms. The van der Waals surface area contributed by atoms with Crippen molar-refractivity contribution < 1.29 is 32.9 Å². The van der Waals surface area contributed by atoms with Crippen LogP contribution < -0.4 is 4.31 Å². The number of benzene rings is 1. The van der Waals surface area contributed by atoms with Crippen LogP contribution in [0.5, 0.6) is 0 Å². The van der Waals surface area contributed by atoms with Gasteiger partial charge in [-0.15, -0.1) is 0 Å². The van der Waals surface area contributed by atoms with Gasteiger partial charge in [-0.1, -0.05) is 13.8 Å². The standard InChI is InChI=1S/C22H28FN3O6S/c1-11(2)19-18-20(25-22(24-19)26(3)33(4,31)32)14-7-5-12(23)9-16(14)15(21(18)30)8-6-13(27)10-17(28)29/h5,7,9,11,13,15,21,27,30H,6,8,10H2,1-4H3,(H,28,29)/t13-,15-,21+/m1/s1. The highest BCUT2D eigenvalue weighted by molar-refractivity contribution is 7.92. The average Bonchev–Trinajstić information content (AvgIpc) is 2.70. The Bertz CT molecular complexity index is 1170. The number of carbonyl (C=O) groups is 1. The molecule has 180 valence electrons. The van der Waals surface area contributed by atoms with E-state index in [-0.39, 0.29) is 24.7 Å². The molecule has 1 aliphatic carbocycles. The Hall–Kier alpha value is -2.63. The first-order chi connectivity index (χ1) is 15.3. The lowest BCUT2D eigenvalue weighted by Gasteiger charge is -2.34. The van der Waals surface area contributed by atoms with Crippen molar-refractivity contribution in [3.05, 3.63) is 40.8 Å². The number of carboxylic acids is 1. The molecule has 0 spiro atoms. The van der Waals surface area contributed by atoms with Crippen LogP contribution in [-0.2, 0) is 14.8 Å². The van der Waals surface area contributed by atoms with E-state index in [1.54, 1.807) is 0 Å². The van der Waals surface area contributed by atoms with Crippen LogP contribution in [-0.4, -0.2) is 59.1 Å². The molecule has 1 heterocycles. The molecule has 1 aliphatic rings. The minimum Gasteiger partial charge on any atom is -0.481 e. The van der Waals surface area contributed by atoms with E-state index in [1.165, 1.54) is 25.2 Å². The van der Waals surface area contributed by atoms with Gasteiger partial charge < -0.3 is 15.3 Å². The highest BCUT2D eigenvalue weighted by atomic mass is 32.2. The Morgan fingerprint density at radius 2 is 1.94 bits per heavy atom. The fraction of sp³-hybridized carbons (Fsp3) is 0.500. The Balaban J connectivity index is 2.17. The topological polar surface area (TPSA) is 141 Å². The van der Waals surface area contributed by atoms with E-state index in [9.17, 15) is 27.8 Å². The Morgan fingerprint density at radius 3 is 2.52 bits per heavy atom. The number of hydrogen-bond donors (Lipinski definition) is 3. The zero-order valence-corrected chi connectivity index (χ0v) is 19.7. The van der Waals surface area contributed by atoms with Gasteiger partial charge >= 0.3 is 5.97 Å². The summed E-state index contributed by atoms with van der Waals surface area (Å²) < 4.78 is 39.3. The lowest BCUT2D eigenvalue weighted by atomic mass is 9.75. The molecular formula is C22H28FN3O6S. The van der Waals surface area contributed by atoms with E-state index >= 15 is 0 Å². The number of aliphatic hydroxyl groups is 2. The summed E-state index contributed by atoms with van der Waals surface area (Å²) in [5, 5.41) is 30.3. The van der Waals surface area contributed by atoms with Crippen LogP contribution in [0.3, 0.4) is 0 Å². The van der Waals surface area contributed by atoms with Crippen LogP contribution in [0.1, 0.15) is 67.9 Å². The van der Waals surface area contributed by atoms with Gasteiger partial charge in [0.25, 0.3) is 0 Å². The van der Waals surface area contributed by atoms with Crippen LogP contribution in [0.4, 0.5) is 10.3 Å². The molecule has 0 amide bonds. The zero-order chi connectivity index (χ0) is 24.7. The Morgan fingerprint density at radius 1 is 1.27 bits per heavy atom. The van der Waals surface area contributed by atoms with Crippen molar-refractivity contribution >= 4 is 21.9 Å². The summed E-state index contributed by atoms with van der Waals surface area (Å²) in [6.07, 6.45) is -1.38. The first-order valence-electron chi connectivity index (χ1n) is 10.5. The van der Waals surface area contributed by atoms with Crippen molar-refractivity contribution in [2.75, 3.05) is 17.6 Å². The molecule has 1 aromatic carbocycles. The smallest absolute Gasteiger partial charge is 0.305 e. The van der Waals surface area contributed by atoms with Crippen LogP contribution in [0.25, 0.3) is 11.3 Å². The maximum atomic E-state index is 14.2. The van der Waals surface area contributed by atoms with E-state index < -0.39 is 46.4 Å². The number of carboxylic acid groups (broad SMARTS) is 1. The first-order valence-corrected chi connectivity index (χ1v) is 12.4. The van der Waals surface area contributed by atoms with Crippen molar-refractivity contribution in [3.63, 3.8) is 0 Å². The minimum absolute atomic E-state index is 0.0576. The predicted octanol–water partition coefficient (Wildman–Crippen LogP) is 2.55. The maximum Gasteiger partial charge on any atom is 0.305 e. The SMILES string of the molecule is CC(C)c1nc(N(C)S(C)(=O)=O)nc2c1[C@@H](O)[C@H](CC[C@@H](O)CC(=O)O)c1cc(F)ccc1-2. The molecule has 0 bridgehead atoms. The van der Waals surface area contributed by atoms with E-state index in [4.69, 9.17) is 5.11 Å². The van der Waals surface area contributed by atoms with Gasteiger partial charge in [0.15, 0.2) is 0 Å². The van der Waals surface area contributed by atoms with Gasteiger partial charge in [0.05, 0.1) is 36.3 Å². The molecule has 0 saturated carbocycles. The van der Waals surface area contributed by atoms with E-state index in [0.29, 0.717) is 28.1 Å². The van der Waals surface area contributed by atoms with Crippen molar-refractivity contribution in [2.24, 2.45) is 0 Å². The highest BCUT2D eigenvalue weighted by Crippen LogP contribution is 2.49. The minimum atomic E-state index is -3.65. The predicted molar refractivity (Wildman–Crippen MR) is 120 cm³/mol. The molecule has 0 radical (unpaired) electrons. The highest BCUT2D eigenvalue weighted by Gasteiger charge is 2.38. The molecule has 11 heteroatoms. The van der Waals surface area contributed by atoms with Crippen molar-refractivity contribution in [3.8, 4) is 11.3 Å². The number of hydrogen-bond acceptors (Lipinski definition) is 7. The third kappa shape index (κ3) is 5.15. The van der Waals surface area contributed by atoms with Crippen LogP contribution in [0, 0.1) is 5.82 Å². The summed E-state index contributed by atoms with van der Waals surface area (Å²) in [6, 6.07) is 4.07. The van der Waals surface area contributed by atoms with Crippen molar-refractivity contribution in [1.82, 2.24) is 9.97 Å². The molecule has 0 saturated heterocycles. The number of aliphatic hydroxyl groups excluding tert-OH is 2. The van der Waals surface area contributed by atoms with Crippen LogP contribution in [0.2, 0.25) is 0 Å². The average molecular weight is 482 g/mol. The number of sulfonamides is 1. The molecule has 2 aromatic rings. The van der Waals surface area contributed by atoms with E-state index in [2.05, 4.69) is 9.97 Å². The van der Waals surface area contributed by atoms with Gasteiger partial charge in [0, 0.05) is 24.1 Å². The number of halogens is 1. The summed E-state index contributed by atoms with van der Waals surface area (Å²) in [7, 11) is -2.32. The maximum absolute atomic E-state index is 14.2. The van der Waals surface area contributed by atoms with Crippen molar-refractivity contribution in [1.29, 1.82) is 0 Å². The fourth-order valence-corrected chi connectivity index (χ4v) is 4.50. The van der Waals surface area contributed by atoms with Gasteiger partial charge in [-0.2, -0.15) is 0 Å². The third-order valence-corrected chi connectivity index (χ3v) is 7.01. The number of nitrogens with zero attached hydrogens (tertiary/aromatic N) is 3. The number of anilines is 1. The quantitative estimate of drug-likeness (QED) is 0.522. The van der Waals surface area contributed by atoms with Gasteiger partial charge in [0.1, 0.15) is 5.82 Å². The fourth-order valence-electron chi connectivity index (χ4n) is 4.12. The lowest BCUT2D eigenvalue weighted by Crippen LogP contribution is -2.29.